The molecule has 122 valence electrons. The van der Waals surface area contributed by atoms with Crippen LogP contribution in [-0.4, -0.2) is 11.2 Å². The van der Waals surface area contributed by atoms with E-state index in [1.807, 2.05) is 0 Å². The van der Waals surface area contributed by atoms with E-state index in [-0.39, 0.29) is 6.10 Å². The van der Waals surface area contributed by atoms with Gasteiger partial charge in [0.15, 0.2) is 0 Å². The zero-order valence-corrected chi connectivity index (χ0v) is 14.1. The van der Waals surface area contributed by atoms with Gasteiger partial charge in [0, 0.05) is 0 Å². The molecule has 4 unspecified atom stereocenters. The van der Waals surface area contributed by atoms with Gasteiger partial charge >= 0.3 is 0 Å². The van der Waals surface area contributed by atoms with Crippen molar-refractivity contribution in [2.45, 2.75) is 96.5 Å². The van der Waals surface area contributed by atoms with Crippen molar-refractivity contribution < 1.29 is 5.11 Å². The summed E-state index contributed by atoms with van der Waals surface area (Å²) in [7, 11) is 0. The Morgan fingerprint density at radius 2 is 1.33 bits per heavy atom. The fourth-order valence-electron chi connectivity index (χ4n) is 5.77. The van der Waals surface area contributed by atoms with Crippen LogP contribution in [0.15, 0.2) is 0 Å². The van der Waals surface area contributed by atoms with Crippen LogP contribution < -0.4 is 0 Å². The molecule has 0 aromatic heterocycles. The van der Waals surface area contributed by atoms with Crippen LogP contribution in [0.5, 0.6) is 0 Å². The second kappa shape index (κ2) is 7.49. The Morgan fingerprint density at radius 3 is 2.10 bits per heavy atom. The summed E-state index contributed by atoms with van der Waals surface area (Å²) in [6.07, 6.45) is 18.3. The first-order valence-electron chi connectivity index (χ1n) is 9.94. The summed E-state index contributed by atoms with van der Waals surface area (Å²) >= 11 is 0. The normalized spacial score (nSPS) is 44.3. The van der Waals surface area contributed by atoms with E-state index in [2.05, 4.69) is 6.92 Å². The molecule has 21 heavy (non-hydrogen) atoms. The Hall–Kier alpha value is -0.0400. The summed E-state index contributed by atoms with van der Waals surface area (Å²) < 4.78 is 0. The summed E-state index contributed by atoms with van der Waals surface area (Å²) in [4.78, 5) is 0. The molecule has 0 spiro atoms. The molecule has 3 saturated carbocycles. The molecule has 1 nitrogen and oxygen atoms in total. The highest BCUT2D eigenvalue weighted by Gasteiger charge is 2.38. The van der Waals surface area contributed by atoms with Gasteiger partial charge in [-0.3, -0.25) is 0 Å². The smallest absolute Gasteiger partial charge is 0.0543 e. The highest BCUT2D eigenvalue weighted by Crippen LogP contribution is 2.48. The van der Waals surface area contributed by atoms with Crippen molar-refractivity contribution in [2.75, 3.05) is 0 Å². The summed E-state index contributed by atoms with van der Waals surface area (Å²) in [6.45, 7) is 2.32. The summed E-state index contributed by atoms with van der Waals surface area (Å²) in [5, 5.41) is 9.96. The van der Waals surface area contributed by atoms with Gasteiger partial charge in [0.25, 0.3) is 0 Å². The SMILES string of the molecule is CCCCC1CCC(C2CCC3CCC(O)CC3C2)CC1. The van der Waals surface area contributed by atoms with Crippen LogP contribution in [0, 0.1) is 29.6 Å². The summed E-state index contributed by atoms with van der Waals surface area (Å²) in [6, 6.07) is 0. The summed E-state index contributed by atoms with van der Waals surface area (Å²) in [5.74, 6) is 4.91. The van der Waals surface area contributed by atoms with E-state index >= 15 is 0 Å². The lowest BCUT2D eigenvalue weighted by Crippen LogP contribution is -2.36. The first-order valence-corrected chi connectivity index (χ1v) is 9.94. The fraction of sp³-hybridized carbons (Fsp3) is 1.00. The topological polar surface area (TPSA) is 20.2 Å². The van der Waals surface area contributed by atoms with E-state index in [9.17, 15) is 5.11 Å². The molecule has 0 aliphatic heterocycles. The zero-order valence-electron chi connectivity index (χ0n) is 14.1. The Balaban J connectivity index is 1.45. The van der Waals surface area contributed by atoms with Crippen molar-refractivity contribution in [3.8, 4) is 0 Å². The Bertz CT molecular complexity index is 305. The average Bonchev–Trinajstić information content (AvgIpc) is 2.52. The average molecular weight is 293 g/mol. The molecule has 4 atom stereocenters. The quantitative estimate of drug-likeness (QED) is 0.719. The molecule has 1 N–H and O–H groups in total. The second-order valence-corrected chi connectivity index (χ2v) is 8.48. The van der Waals surface area contributed by atoms with Gasteiger partial charge < -0.3 is 5.11 Å². The van der Waals surface area contributed by atoms with E-state index in [0.29, 0.717) is 0 Å². The van der Waals surface area contributed by atoms with Crippen molar-refractivity contribution >= 4 is 0 Å². The number of hydrogen-bond donors (Lipinski definition) is 1. The van der Waals surface area contributed by atoms with E-state index in [1.54, 1.807) is 0 Å². The number of hydrogen-bond acceptors (Lipinski definition) is 1. The Morgan fingerprint density at radius 1 is 0.714 bits per heavy atom. The standard InChI is InChI=1S/C20H36O/c1-2-3-4-15-5-7-16(8-6-15)18-10-9-17-11-12-20(21)14-19(17)13-18/h15-21H,2-14H2,1H3. The molecule has 0 bridgehead atoms. The highest BCUT2D eigenvalue weighted by molar-refractivity contribution is 4.89. The van der Waals surface area contributed by atoms with Gasteiger partial charge in [0.1, 0.15) is 0 Å². The molecule has 0 radical (unpaired) electrons. The summed E-state index contributed by atoms with van der Waals surface area (Å²) in [5.41, 5.74) is 0. The van der Waals surface area contributed by atoms with Crippen molar-refractivity contribution in [1.82, 2.24) is 0 Å². The number of unbranched alkanes of at least 4 members (excludes halogenated alkanes) is 1. The van der Waals surface area contributed by atoms with Gasteiger partial charge in [-0.1, -0.05) is 39.0 Å². The van der Waals surface area contributed by atoms with E-state index < -0.39 is 0 Å². The van der Waals surface area contributed by atoms with Crippen molar-refractivity contribution in [2.24, 2.45) is 29.6 Å². The molecule has 3 rings (SSSR count). The van der Waals surface area contributed by atoms with Gasteiger partial charge in [-0.15, -0.1) is 0 Å². The second-order valence-electron chi connectivity index (χ2n) is 8.48. The maximum atomic E-state index is 9.96. The minimum absolute atomic E-state index is 0.0229. The largest absolute Gasteiger partial charge is 0.393 e. The minimum atomic E-state index is 0.0229. The first-order chi connectivity index (χ1) is 10.3. The van der Waals surface area contributed by atoms with Crippen molar-refractivity contribution in [3.63, 3.8) is 0 Å². The van der Waals surface area contributed by atoms with E-state index in [1.165, 1.54) is 70.6 Å². The maximum Gasteiger partial charge on any atom is 0.0543 e. The molecule has 0 saturated heterocycles. The zero-order chi connectivity index (χ0) is 14.7. The van der Waals surface area contributed by atoms with Gasteiger partial charge in [-0.05, 0) is 81.0 Å². The van der Waals surface area contributed by atoms with Crippen LogP contribution in [0.1, 0.15) is 90.4 Å². The van der Waals surface area contributed by atoms with Gasteiger partial charge in [0.2, 0.25) is 0 Å². The predicted octanol–water partition coefficient (Wildman–Crippen LogP) is 5.56. The number of aliphatic hydroxyl groups excluding tert-OH is 1. The third kappa shape index (κ3) is 4.03. The van der Waals surface area contributed by atoms with Gasteiger partial charge in [-0.2, -0.15) is 0 Å². The lowest BCUT2D eigenvalue weighted by molar-refractivity contribution is 0.0179. The lowest BCUT2D eigenvalue weighted by atomic mass is 9.62. The lowest BCUT2D eigenvalue weighted by Gasteiger charge is -2.44. The number of rotatable bonds is 4. The third-order valence-corrected chi connectivity index (χ3v) is 7.15. The van der Waals surface area contributed by atoms with Crippen LogP contribution in [0.2, 0.25) is 0 Å². The van der Waals surface area contributed by atoms with Crippen LogP contribution in [0.25, 0.3) is 0 Å². The van der Waals surface area contributed by atoms with Crippen molar-refractivity contribution in [1.29, 1.82) is 0 Å². The molecule has 0 aromatic carbocycles. The van der Waals surface area contributed by atoms with Crippen LogP contribution in [-0.2, 0) is 0 Å². The molecule has 0 heterocycles. The molecule has 3 fully saturated rings. The first kappa shape index (κ1) is 15.8. The maximum absolute atomic E-state index is 9.96. The van der Waals surface area contributed by atoms with Crippen molar-refractivity contribution in [3.05, 3.63) is 0 Å². The molecular weight excluding hydrogens is 256 g/mol. The molecule has 3 aliphatic rings. The highest BCUT2D eigenvalue weighted by atomic mass is 16.3. The fourth-order valence-corrected chi connectivity index (χ4v) is 5.77. The third-order valence-electron chi connectivity index (χ3n) is 7.15. The monoisotopic (exact) mass is 292 g/mol. The van der Waals surface area contributed by atoms with Gasteiger partial charge in [-0.25, -0.2) is 0 Å². The number of fused-ring (bicyclic) bond motifs is 1. The number of aliphatic hydroxyl groups is 1. The Kier molecular flexibility index (Phi) is 5.65. The van der Waals surface area contributed by atoms with E-state index in [0.717, 1.165) is 42.4 Å². The minimum Gasteiger partial charge on any atom is -0.393 e. The molecule has 0 aromatic rings. The predicted molar refractivity (Wildman–Crippen MR) is 89.2 cm³/mol. The molecule has 1 heteroatoms. The molecule has 0 amide bonds. The molecule has 3 aliphatic carbocycles. The Labute approximate surface area is 131 Å². The van der Waals surface area contributed by atoms with Crippen LogP contribution in [0.3, 0.4) is 0 Å². The molecular formula is C20H36O. The van der Waals surface area contributed by atoms with Crippen LogP contribution >= 0.6 is 0 Å². The van der Waals surface area contributed by atoms with Gasteiger partial charge in [0.05, 0.1) is 6.10 Å². The van der Waals surface area contributed by atoms with E-state index in [4.69, 9.17) is 0 Å². The van der Waals surface area contributed by atoms with Crippen LogP contribution in [0.4, 0.5) is 0 Å².